The zero-order chi connectivity index (χ0) is 15.9. The van der Waals surface area contributed by atoms with Crippen molar-refractivity contribution < 1.29 is 13.9 Å². The van der Waals surface area contributed by atoms with E-state index < -0.39 is 0 Å². The van der Waals surface area contributed by atoms with Gasteiger partial charge in [0.2, 0.25) is 0 Å². The lowest BCUT2D eigenvalue weighted by Crippen LogP contribution is -2.40. The molecule has 0 N–H and O–H groups in total. The quantitative estimate of drug-likeness (QED) is 0.870. The Morgan fingerprint density at radius 3 is 2.91 bits per heavy atom. The third kappa shape index (κ3) is 2.43. The smallest absolute Gasteiger partial charge is 0.257 e. The number of furan rings is 1. The predicted octanol–water partition coefficient (Wildman–Crippen LogP) is 2.02. The summed E-state index contributed by atoms with van der Waals surface area (Å²) in [6.45, 7) is 5.45. The minimum atomic E-state index is 0.00213. The fourth-order valence-electron chi connectivity index (χ4n) is 3.14. The van der Waals surface area contributed by atoms with Gasteiger partial charge in [-0.15, -0.1) is 0 Å². The zero-order valence-electron chi connectivity index (χ0n) is 13.4. The molecular weight excluding hydrogens is 282 g/mol. The maximum absolute atomic E-state index is 12.8. The first-order valence-corrected chi connectivity index (χ1v) is 7.37. The van der Waals surface area contributed by atoms with Gasteiger partial charge in [0.1, 0.15) is 11.5 Å². The summed E-state index contributed by atoms with van der Waals surface area (Å²) < 4.78 is 12.6. The van der Waals surface area contributed by atoms with Crippen LogP contribution in [0.4, 0.5) is 0 Å². The molecule has 118 valence electrons. The van der Waals surface area contributed by atoms with Crippen LogP contribution in [0.15, 0.2) is 16.7 Å². The van der Waals surface area contributed by atoms with Crippen LogP contribution < -0.4 is 0 Å². The van der Waals surface area contributed by atoms with Crippen LogP contribution >= 0.6 is 0 Å². The normalized spacial score (nSPS) is 17.6. The molecule has 6 heteroatoms. The third-order valence-corrected chi connectivity index (χ3v) is 4.24. The number of rotatable bonds is 3. The highest BCUT2D eigenvalue weighted by Crippen LogP contribution is 2.29. The Bertz CT molecular complexity index is 702. The summed E-state index contributed by atoms with van der Waals surface area (Å²) in [5.41, 5.74) is 2.88. The van der Waals surface area contributed by atoms with E-state index >= 15 is 0 Å². The van der Waals surface area contributed by atoms with Gasteiger partial charge in [-0.3, -0.25) is 9.48 Å². The van der Waals surface area contributed by atoms with E-state index in [4.69, 9.17) is 9.15 Å². The minimum Gasteiger partial charge on any atom is -0.466 e. The van der Waals surface area contributed by atoms with Gasteiger partial charge >= 0.3 is 0 Å². The summed E-state index contributed by atoms with van der Waals surface area (Å²) in [6, 6.07) is 1.81. The van der Waals surface area contributed by atoms with Gasteiger partial charge in [-0.25, -0.2) is 0 Å². The Hall–Kier alpha value is -2.08. The second-order valence-electron chi connectivity index (χ2n) is 5.84. The van der Waals surface area contributed by atoms with E-state index in [0.29, 0.717) is 31.0 Å². The monoisotopic (exact) mass is 303 g/mol. The zero-order valence-corrected chi connectivity index (χ0v) is 13.4. The van der Waals surface area contributed by atoms with Crippen molar-refractivity contribution in [3.05, 3.63) is 40.6 Å². The molecule has 2 aromatic heterocycles. The maximum Gasteiger partial charge on any atom is 0.257 e. The molecule has 0 saturated heterocycles. The number of carbonyl (C=O) groups excluding carboxylic acids is 1. The van der Waals surface area contributed by atoms with Crippen molar-refractivity contribution in [2.24, 2.45) is 7.05 Å². The van der Waals surface area contributed by atoms with Crippen LogP contribution in [0, 0.1) is 13.8 Å². The van der Waals surface area contributed by atoms with Gasteiger partial charge < -0.3 is 14.1 Å². The molecular formula is C16H21N3O3. The Morgan fingerprint density at radius 2 is 2.27 bits per heavy atom. The first-order chi connectivity index (χ1) is 10.5. The number of aryl methyl sites for hydroxylation is 3. The second-order valence-corrected chi connectivity index (χ2v) is 5.84. The Kier molecular flexibility index (Phi) is 3.78. The van der Waals surface area contributed by atoms with E-state index in [2.05, 4.69) is 5.10 Å². The van der Waals surface area contributed by atoms with Gasteiger partial charge in [0.05, 0.1) is 30.6 Å². The fraction of sp³-hybridized carbons (Fsp3) is 0.500. The highest BCUT2D eigenvalue weighted by atomic mass is 16.5. The molecule has 0 aromatic carbocycles. The largest absolute Gasteiger partial charge is 0.466 e. The summed E-state index contributed by atoms with van der Waals surface area (Å²) >= 11 is 0. The predicted molar refractivity (Wildman–Crippen MR) is 80.7 cm³/mol. The summed E-state index contributed by atoms with van der Waals surface area (Å²) in [4.78, 5) is 14.7. The van der Waals surface area contributed by atoms with Crippen molar-refractivity contribution in [1.82, 2.24) is 14.7 Å². The molecule has 1 amide bonds. The van der Waals surface area contributed by atoms with E-state index in [1.807, 2.05) is 42.7 Å². The molecule has 0 bridgehead atoms. The number of hydrogen-bond acceptors (Lipinski definition) is 4. The minimum absolute atomic E-state index is 0.00213. The number of nitrogens with zero attached hydrogens (tertiary/aromatic N) is 3. The van der Waals surface area contributed by atoms with Gasteiger partial charge in [-0.1, -0.05) is 0 Å². The average molecular weight is 303 g/mol. The first-order valence-electron chi connectivity index (χ1n) is 7.37. The summed E-state index contributed by atoms with van der Waals surface area (Å²) in [6.07, 6.45) is 1.88. The molecule has 1 aliphatic heterocycles. The van der Waals surface area contributed by atoms with Crippen LogP contribution in [0.3, 0.4) is 0 Å². The van der Waals surface area contributed by atoms with Gasteiger partial charge in [0.15, 0.2) is 0 Å². The molecule has 0 radical (unpaired) electrons. The molecule has 1 aliphatic rings. The highest BCUT2D eigenvalue weighted by molar-refractivity contribution is 5.95. The van der Waals surface area contributed by atoms with Crippen LogP contribution in [-0.2, 0) is 18.3 Å². The topological polar surface area (TPSA) is 60.5 Å². The van der Waals surface area contributed by atoms with E-state index in [1.165, 1.54) is 5.56 Å². The number of methoxy groups -OCH3 is 1. The van der Waals surface area contributed by atoms with Crippen molar-refractivity contribution >= 4 is 5.91 Å². The van der Waals surface area contributed by atoms with Crippen LogP contribution in [-0.4, -0.2) is 40.8 Å². The van der Waals surface area contributed by atoms with Crippen LogP contribution in [0.25, 0.3) is 0 Å². The van der Waals surface area contributed by atoms with Crippen molar-refractivity contribution in [1.29, 1.82) is 0 Å². The highest BCUT2D eigenvalue weighted by Gasteiger charge is 2.32. The van der Waals surface area contributed by atoms with Crippen molar-refractivity contribution in [2.75, 3.05) is 20.3 Å². The van der Waals surface area contributed by atoms with Gasteiger partial charge in [-0.05, 0) is 19.9 Å². The number of ether oxygens (including phenoxy) is 1. The number of fused-ring (bicyclic) bond motifs is 1. The molecule has 1 atom stereocenters. The maximum atomic E-state index is 12.8. The van der Waals surface area contributed by atoms with Gasteiger partial charge in [-0.2, -0.15) is 5.10 Å². The standard InChI is InChI=1S/C16H21N3O3/c1-10-5-13(11(2)22-10)16(20)19-7-12(9-21-4)14-6-17-18(3)15(14)8-19/h5-6,12H,7-9H2,1-4H3. The van der Waals surface area contributed by atoms with Crippen molar-refractivity contribution in [3.63, 3.8) is 0 Å². The molecule has 3 rings (SSSR count). The number of amides is 1. The summed E-state index contributed by atoms with van der Waals surface area (Å²) in [5.74, 6) is 1.58. The second kappa shape index (κ2) is 5.61. The molecule has 0 aliphatic carbocycles. The molecule has 22 heavy (non-hydrogen) atoms. The molecule has 2 aromatic rings. The SMILES string of the molecule is COCC1CN(C(=O)c2cc(C)oc2C)Cc2c1cnn2C. The molecule has 0 fully saturated rings. The van der Waals surface area contributed by atoms with Crippen molar-refractivity contribution in [3.8, 4) is 0 Å². The first kappa shape index (κ1) is 14.8. The molecule has 0 saturated carbocycles. The lowest BCUT2D eigenvalue weighted by Gasteiger charge is -2.32. The van der Waals surface area contributed by atoms with Crippen molar-refractivity contribution in [2.45, 2.75) is 26.3 Å². The molecule has 6 nitrogen and oxygen atoms in total. The Morgan fingerprint density at radius 1 is 1.50 bits per heavy atom. The Labute approximate surface area is 129 Å². The van der Waals surface area contributed by atoms with E-state index in [9.17, 15) is 4.79 Å². The van der Waals surface area contributed by atoms with Crippen LogP contribution in [0.1, 0.15) is 39.1 Å². The Balaban J connectivity index is 1.91. The molecule has 3 heterocycles. The van der Waals surface area contributed by atoms with Gasteiger partial charge in [0.25, 0.3) is 5.91 Å². The van der Waals surface area contributed by atoms with E-state index in [-0.39, 0.29) is 11.8 Å². The van der Waals surface area contributed by atoms with E-state index in [0.717, 1.165) is 11.5 Å². The van der Waals surface area contributed by atoms with Crippen LogP contribution in [0.2, 0.25) is 0 Å². The number of carbonyl (C=O) groups is 1. The molecule has 1 unspecified atom stereocenters. The number of aromatic nitrogens is 2. The van der Waals surface area contributed by atoms with Gasteiger partial charge in [0, 0.05) is 32.2 Å². The van der Waals surface area contributed by atoms with E-state index in [1.54, 1.807) is 7.11 Å². The average Bonchev–Trinajstić information content (AvgIpc) is 3.01. The summed E-state index contributed by atoms with van der Waals surface area (Å²) in [5, 5.41) is 4.32. The molecule has 0 spiro atoms. The fourth-order valence-corrected chi connectivity index (χ4v) is 3.14. The van der Waals surface area contributed by atoms with Crippen LogP contribution in [0.5, 0.6) is 0 Å². The number of hydrogen-bond donors (Lipinski definition) is 0. The lowest BCUT2D eigenvalue weighted by molar-refractivity contribution is 0.0673. The lowest BCUT2D eigenvalue weighted by atomic mass is 9.95. The third-order valence-electron chi connectivity index (χ3n) is 4.24. The summed E-state index contributed by atoms with van der Waals surface area (Å²) in [7, 11) is 3.59.